The van der Waals surface area contributed by atoms with Crippen LogP contribution >= 0.6 is 0 Å². The van der Waals surface area contributed by atoms with Gasteiger partial charge in [0.1, 0.15) is 0 Å². The molecule has 0 unspecified atom stereocenters. The molecule has 1 aliphatic carbocycles. The van der Waals surface area contributed by atoms with Crippen molar-refractivity contribution in [2.24, 2.45) is 0 Å². The quantitative estimate of drug-likeness (QED) is 0.804. The third kappa shape index (κ3) is 2.96. The van der Waals surface area contributed by atoms with Crippen LogP contribution in [0.25, 0.3) is 0 Å². The number of hydrogen-bond acceptors (Lipinski definition) is 3. The Kier molecular flexibility index (Phi) is 4.45. The molecule has 2 fully saturated rings. The summed E-state index contributed by atoms with van der Waals surface area (Å²) in [6.07, 6.45) is 6.04. The van der Waals surface area contributed by atoms with Crippen molar-refractivity contribution in [1.82, 2.24) is 19.6 Å². The van der Waals surface area contributed by atoms with Crippen molar-refractivity contribution in [2.45, 2.75) is 70.6 Å². The molecule has 2 aromatic rings. The van der Waals surface area contributed by atoms with Gasteiger partial charge in [-0.25, -0.2) is 0 Å². The van der Waals surface area contributed by atoms with E-state index in [1.807, 2.05) is 22.7 Å². The summed E-state index contributed by atoms with van der Waals surface area (Å²) < 4.78 is 1.86. The number of fused-ring (bicyclic) bond motifs is 2. The average Bonchev–Trinajstić information content (AvgIpc) is 3.43. The first-order valence-electron chi connectivity index (χ1n) is 10.8. The van der Waals surface area contributed by atoms with Gasteiger partial charge in [0.25, 0.3) is 5.91 Å². The fourth-order valence-electron chi connectivity index (χ4n) is 5.56. The van der Waals surface area contributed by atoms with Crippen LogP contribution in [0.2, 0.25) is 0 Å². The molecule has 2 atom stereocenters. The highest BCUT2D eigenvalue weighted by Gasteiger charge is 2.51. The van der Waals surface area contributed by atoms with E-state index < -0.39 is 0 Å². The molecule has 2 saturated heterocycles. The Hall–Kier alpha value is -2.63. The Morgan fingerprint density at radius 3 is 2.55 bits per heavy atom. The lowest BCUT2D eigenvalue weighted by molar-refractivity contribution is -0.131. The molecule has 5 rings (SSSR count). The molecule has 0 radical (unpaired) electrons. The van der Waals surface area contributed by atoms with Crippen molar-refractivity contribution in [2.75, 3.05) is 6.54 Å². The van der Waals surface area contributed by atoms with Crippen molar-refractivity contribution in [3.63, 3.8) is 0 Å². The third-order valence-electron chi connectivity index (χ3n) is 6.85. The van der Waals surface area contributed by atoms with Crippen LogP contribution in [0.5, 0.6) is 0 Å². The fraction of sp³-hybridized carbons (Fsp3) is 0.522. The summed E-state index contributed by atoms with van der Waals surface area (Å²) in [4.78, 5) is 30.3. The second-order valence-corrected chi connectivity index (χ2v) is 8.65. The number of carbonyl (C=O) groups is 2. The zero-order chi connectivity index (χ0) is 20.1. The molecular formula is C23H28N4O2. The summed E-state index contributed by atoms with van der Waals surface area (Å²) in [6.45, 7) is 5.53. The molecule has 2 aliphatic heterocycles. The summed E-state index contributed by atoms with van der Waals surface area (Å²) in [6, 6.07) is 8.88. The zero-order valence-corrected chi connectivity index (χ0v) is 17.2. The smallest absolute Gasteiger partial charge is 0.257 e. The molecule has 0 spiro atoms. The van der Waals surface area contributed by atoms with Crippen molar-refractivity contribution >= 4 is 11.8 Å². The highest BCUT2D eigenvalue weighted by atomic mass is 16.2. The second kappa shape index (κ2) is 7.01. The minimum Gasteiger partial charge on any atom is -0.334 e. The number of benzene rings is 1. The maximum atomic E-state index is 13.3. The Bertz CT molecular complexity index is 941. The van der Waals surface area contributed by atoms with Crippen LogP contribution in [0.15, 0.2) is 30.5 Å². The van der Waals surface area contributed by atoms with E-state index in [2.05, 4.69) is 41.2 Å². The van der Waals surface area contributed by atoms with Crippen LogP contribution in [0, 0.1) is 6.92 Å². The second-order valence-electron chi connectivity index (χ2n) is 8.65. The van der Waals surface area contributed by atoms with E-state index in [0.717, 1.165) is 44.5 Å². The van der Waals surface area contributed by atoms with Gasteiger partial charge in [0.15, 0.2) is 0 Å². The lowest BCUT2D eigenvalue weighted by atomic mass is 10.1. The lowest BCUT2D eigenvalue weighted by Crippen LogP contribution is -2.45. The summed E-state index contributed by atoms with van der Waals surface area (Å²) in [7, 11) is 0. The van der Waals surface area contributed by atoms with E-state index in [4.69, 9.17) is 0 Å². The van der Waals surface area contributed by atoms with Gasteiger partial charge in [0.05, 0.1) is 23.3 Å². The van der Waals surface area contributed by atoms with E-state index in [1.54, 1.807) is 0 Å². The molecule has 29 heavy (non-hydrogen) atoms. The number of aryl methyl sites for hydroxylation is 2. The van der Waals surface area contributed by atoms with E-state index in [0.29, 0.717) is 12.0 Å². The highest BCUT2D eigenvalue weighted by Crippen LogP contribution is 2.38. The first-order valence-corrected chi connectivity index (χ1v) is 10.8. The first-order chi connectivity index (χ1) is 14.1. The van der Waals surface area contributed by atoms with E-state index >= 15 is 0 Å². The van der Waals surface area contributed by atoms with Gasteiger partial charge >= 0.3 is 0 Å². The van der Waals surface area contributed by atoms with Crippen molar-refractivity contribution in [3.8, 4) is 0 Å². The molecule has 3 heterocycles. The molecule has 6 nitrogen and oxygen atoms in total. The van der Waals surface area contributed by atoms with Crippen LogP contribution in [0.3, 0.4) is 0 Å². The van der Waals surface area contributed by atoms with E-state index in [9.17, 15) is 9.59 Å². The Morgan fingerprint density at radius 2 is 1.86 bits per heavy atom. The minimum absolute atomic E-state index is 0.00682. The molecular weight excluding hydrogens is 364 g/mol. The third-order valence-corrected chi connectivity index (χ3v) is 6.85. The van der Waals surface area contributed by atoms with Gasteiger partial charge < -0.3 is 9.80 Å². The first kappa shape index (κ1) is 18.4. The molecule has 2 amide bonds. The average molecular weight is 393 g/mol. The van der Waals surface area contributed by atoms with E-state index in [-0.39, 0.29) is 29.9 Å². The molecule has 1 aromatic heterocycles. The van der Waals surface area contributed by atoms with Crippen LogP contribution in [0.1, 0.15) is 53.4 Å². The molecule has 0 bridgehead atoms. The van der Waals surface area contributed by atoms with Crippen molar-refractivity contribution in [3.05, 3.63) is 52.8 Å². The molecule has 3 aliphatic rings. The monoisotopic (exact) mass is 392 g/mol. The van der Waals surface area contributed by atoms with Gasteiger partial charge in [0.2, 0.25) is 5.91 Å². The number of aromatic nitrogens is 2. The van der Waals surface area contributed by atoms with Gasteiger partial charge in [0, 0.05) is 31.7 Å². The summed E-state index contributed by atoms with van der Waals surface area (Å²) in [5.41, 5.74) is 4.18. The van der Waals surface area contributed by atoms with Crippen molar-refractivity contribution in [1.29, 1.82) is 0 Å². The van der Waals surface area contributed by atoms with Gasteiger partial charge in [-0.2, -0.15) is 5.10 Å². The minimum atomic E-state index is -0.00682. The summed E-state index contributed by atoms with van der Waals surface area (Å²) in [5, 5.41) is 4.49. The fourth-order valence-corrected chi connectivity index (χ4v) is 5.56. The Labute approximate surface area is 171 Å². The van der Waals surface area contributed by atoms with E-state index in [1.165, 1.54) is 11.1 Å². The SMILES string of the molecule is CCCn1cc(C(=O)N2CC[C@H]3[C@@H]2CC(=O)N3C2Cc3ccccc3C2)c(C)n1. The predicted octanol–water partition coefficient (Wildman–Crippen LogP) is 2.58. The maximum absolute atomic E-state index is 13.3. The predicted molar refractivity (Wildman–Crippen MR) is 110 cm³/mol. The Balaban J connectivity index is 1.34. The van der Waals surface area contributed by atoms with Gasteiger partial charge in [-0.3, -0.25) is 14.3 Å². The van der Waals surface area contributed by atoms with Crippen molar-refractivity contribution < 1.29 is 9.59 Å². The lowest BCUT2D eigenvalue weighted by Gasteiger charge is -2.30. The molecule has 6 heteroatoms. The standard InChI is InChI=1S/C23H28N4O2/c1-3-9-25-14-19(15(2)24-25)23(29)26-10-8-20-21(26)13-22(28)27(20)18-11-16-6-4-5-7-17(16)12-18/h4-7,14,18,20-21H,3,8-13H2,1-2H3/t20-,21-/m0/s1. The number of likely N-dealkylation sites (tertiary alicyclic amines) is 2. The topological polar surface area (TPSA) is 58.4 Å². The summed E-state index contributed by atoms with van der Waals surface area (Å²) >= 11 is 0. The molecule has 152 valence electrons. The number of rotatable bonds is 4. The van der Waals surface area contributed by atoms with Crippen LogP contribution in [-0.4, -0.2) is 56.1 Å². The Morgan fingerprint density at radius 1 is 1.14 bits per heavy atom. The highest BCUT2D eigenvalue weighted by molar-refractivity contribution is 5.96. The molecule has 0 saturated carbocycles. The van der Waals surface area contributed by atoms with Gasteiger partial charge in [-0.05, 0) is 43.7 Å². The number of amides is 2. The van der Waals surface area contributed by atoms with Gasteiger partial charge in [-0.1, -0.05) is 31.2 Å². The summed E-state index contributed by atoms with van der Waals surface area (Å²) in [5.74, 6) is 0.232. The largest absolute Gasteiger partial charge is 0.334 e. The van der Waals surface area contributed by atoms with Crippen LogP contribution in [0.4, 0.5) is 0 Å². The molecule has 0 N–H and O–H groups in total. The number of nitrogens with zero attached hydrogens (tertiary/aromatic N) is 4. The molecule has 1 aromatic carbocycles. The normalized spacial score (nSPS) is 23.7. The van der Waals surface area contributed by atoms with Crippen LogP contribution < -0.4 is 0 Å². The number of carbonyl (C=O) groups excluding carboxylic acids is 2. The number of hydrogen-bond donors (Lipinski definition) is 0. The zero-order valence-electron chi connectivity index (χ0n) is 17.2. The van der Waals surface area contributed by atoms with Gasteiger partial charge in [-0.15, -0.1) is 0 Å². The van der Waals surface area contributed by atoms with Crippen LogP contribution in [-0.2, 0) is 24.2 Å². The maximum Gasteiger partial charge on any atom is 0.257 e.